The molecule has 0 heterocycles. The van der Waals surface area contributed by atoms with Gasteiger partial charge in [-0.1, -0.05) is 55.2 Å². The summed E-state index contributed by atoms with van der Waals surface area (Å²) in [4.78, 5) is 24.5. The normalized spacial score (nSPS) is 12.4. The van der Waals surface area contributed by atoms with Crippen LogP contribution in [0.25, 0.3) is 0 Å². The third-order valence-corrected chi connectivity index (χ3v) is 5.83. The number of sulfonamides is 1. The number of esters is 1. The van der Waals surface area contributed by atoms with E-state index in [1.807, 2.05) is 0 Å². The van der Waals surface area contributed by atoms with E-state index in [0.717, 1.165) is 0 Å². The summed E-state index contributed by atoms with van der Waals surface area (Å²) in [6.45, 7) is 2.70. The van der Waals surface area contributed by atoms with Gasteiger partial charge in [-0.25, -0.2) is 8.42 Å². The van der Waals surface area contributed by atoms with Gasteiger partial charge in [0.15, 0.2) is 6.61 Å². The molecular formula is C19H20Cl2N2O5S. The van der Waals surface area contributed by atoms with E-state index < -0.39 is 40.5 Å². The van der Waals surface area contributed by atoms with E-state index in [2.05, 4.69) is 10.0 Å². The molecule has 0 saturated heterocycles. The quantitative estimate of drug-likeness (QED) is 0.589. The van der Waals surface area contributed by atoms with E-state index in [1.165, 1.54) is 24.3 Å². The molecule has 29 heavy (non-hydrogen) atoms. The fourth-order valence-electron chi connectivity index (χ4n) is 2.30. The average Bonchev–Trinajstić information content (AvgIpc) is 2.67. The second kappa shape index (κ2) is 10.1. The monoisotopic (exact) mass is 458 g/mol. The number of rotatable bonds is 8. The van der Waals surface area contributed by atoms with Crippen LogP contribution < -0.4 is 10.0 Å². The van der Waals surface area contributed by atoms with Crippen molar-refractivity contribution < 1.29 is 22.7 Å². The van der Waals surface area contributed by atoms with Gasteiger partial charge in [-0.3, -0.25) is 9.59 Å². The smallest absolute Gasteiger partial charge is 0.324 e. The average molecular weight is 459 g/mol. The maximum Gasteiger partial charge on any atom is 0.324 e. The zero-order chi connectivity index (χ0) is 21.6. The van der Waals surface area contributed by atoms with Crippen molar-refractivity contribution >= 4 is 50.8 Å². The molecule has 10 heteroatoms. The largest absolute Gasteiger partial charge is 0.454 e. The molecule has 1 atom stereocenters. The maximum atomic E-state index is 12.5. The second-order valence-electron chi connectivity index (χ2n) is 6.44. The minimum Gasteiger partial charge on any atom is -0.454 e. The Morgan fingerprint density at radius 2 is 1.72 bits per heavy atom. The summed E-state index contributed by atoms with van der Waals surface area (Å²) in [6.07, 6.45) is 0. The summed E-state index contributed by atoms with van der Waals surface area (Å²) in [5, 5.41) is 3.12. The number of anilines is 1. The number of hydrogen-bond acceptors (Lipinski definition) is 5. The molecule has 0 fully saturated rings. The molecular weight excluding hydrogens is 439 g/mol. The van der Waals surface area contributed by atoms with Crippen LogP contribution in [0.5, 0.6) is 0 Å². The highest BCUT2D eigenvalue weighted by molar-refractivity contribution is 7.89. The minimum absolute atomic E-state index is 0.0202. The lowest BCUT2D eigenvalue weighted by molar-refractivity contribution is -0.150. The first-order chi connectivity index (χ1) is 13.6. The van der Waals surface area contributed by atoms with Crippen LogP contribution in [0.15, 0.2) is 53.4 Å². The summed E-state index contributed by atoms with van der Waals surface area (Å²) in [5.74, 6) is -1.92. The van der Waals surface area contributed by atoms with Crippen molar-refractivity contribution in [2.45, 2.75) is 24.8 Å². The predicted octanol–water partition coefficient (Wildman–Crippen LogP) is 3.48. The van der Waals surface area contributed by atoms with Crippen LogP contribution in [0.3, 0.4) is 0 Å². The van der Waals surface area contributed by atoms with E-state index in [1.54, 1.807) is 38.1 Å². The molecule has 0 aromatic heterocycles. The van der Waals surface area contributed by atoms with Gasteiger partial charge in [-0.2, -0.15) is 4.72 Å². The topological polar surface area (TPSA) is 102 Å². The van der Waals surface area contributed by atoms with Crippen LogP contribution in [0, 0.1) is 5.92 Å². The summed E-state index contributed by atoms with van der Waals surface area (Å²) in [7, 11) is -3.93. The Morgan fingerprint density at radius 3 is 2.34 bits per heavy atom. The molecule has 0 radical (unpaired) electrons. The van der Waals surface area contributed by atoms with Crippen molar-refractivity contribution in [3.05, 3.63) is 58.6 Å². The first-order valence-electron chi connectivity index (χ1n) is 8.59. The number of carbonyl (C=O) groups is 2. The first-order valence-corrected chi connectivity index (χ1v) is 10.8. The van der Waals surface area contributed by atoms with Crippen molar-refractivity contribution in [2.75, 3.05) is 11.9 Å². The predicted molar refractivity (Wildman–Crippen MR) is 111 cm³/mol. The molecule has 0 spiro atoms. The molecule has 0 aliphatic heterocycles. The highest BCUT2D eigenvalue weighted by Crippen LogP contribution is 2.25. The zero-order valence-electron chi connectivity index (χ0n) is 15.7. The van der Waals surface area contributed by atoms with Gasteiger partial charge in [0.05, 0.1) is 15.6 Å². The zero-order valence-corrected chi connectivity index (χ0v) is 18.0. The highest BCUT2D eigenvalue weighted by Gasteiger charge is 2.30. The SMILES string of the molecule is CC(C)[C@H](NS(=O)(=O)c1ccccc1)C(=O)OCC(=O)Nc1cc(Cl)ccc1Cl. The number of halogens is 2. The van der Waals surface area contributed by atoms with Crippen molar-refractivity contribution in [1.82, 2.24) is 4.72 Å². The Balaban J connectivity index is 2.01. The fraction of sp³-hybridized carbons (Fsp3) is 0.263. The second-order valence-corrected chi connectivity index (χ2v) is 8.99. The molecule has 2 aromatic carbocycles. The van der Waals surface area contributed by atoms with E-state index in [0.29, 0.717) is 5.02 Å². The number of hydrogen-bond donors (Lipinski definition) is 2. The summed E-state index contributed by atoms with van der Waals surface area (Å²) >= 11 is 11.8. The number of nitrogens with one attached hydrogen (secondary N) is 2. The molecule has 2 N–H and O–H groups in total. The molecule has 0 bridgehead atoms. The van der Waals surface area contributed by atoms with Crippen LogP contribution >= 0.6 is 23.2 Å². The molecule has 0 unspecified atom stereocenters. The van der Waals surface area contributed by atoms with Crippen LogP contribution in [-0.4, -0.2) is 32.9 Å². The standard InChI is InChI=1S/C19H20Cl2N2O5S/c1-12(2)18(23-29(26,27)14-6-4-3-5-7-14)19(25)28-11-17(24)22-16-10-13(20)8-9-15(16)21/h3-10,12,18,23H,11H2,1-2H3,(H,22,24)/t18-/m0/s1. The molecule has 2 aromatic rings. The van der Waals surface area contributed by atoms with Gasteiger partial charge in [0, 0.05) is 5.02 Å². The van der Waals surface area contributed by atoms with Gasteiger partial charge in [0.1, 0.15) is 6.04 Å². The van der Waals surface area contributed by atoms with Gasteiger partial charge in [-0.05, 0) is 36.2 Å². The molecule has 156 valence electrons. The van der Waals surface area contributed by atoms with Crippen molar-refractivity contribution in [3.63, 3.8) is 0 Å². The van der Waals surface area contributed by atoms with Crippen LogP contribution in [0.4, 0.5) is 5.69 Å². The molecule has 0 aliphatic carbocycles. The lowest BCUT2D eigenvalue weighted by atomic mass is 10.1. The Labute approximate surface area is 179 Å². The fourth-order valence-corrected chi connectivity index (χ4v) is 3.99. The Bertz CT molecular complexity index is 981. The molecule has 0 aliphatic rings. The van der Waals surface area contributed by atoms with Gasteiger partial charge in [-0.15, -0.1) is 0 Å². The minimum atomic E-state index is -3.93. The van der Waals surface area contributed by atoms with E-state index in [4.69, 9.17) is 27.9 Å². The third kappa shape index (κ3) is 6.71. The third-order valence-electron chi connectivity index (χ3n) is 3.80. The number of ether oxygens (including phenoxy) is 1. The lowest BCUT2D eigenvalue weighted by Gasteiger charge is -2.20. The molecule has 0 saturated carbocycles. The number of benzene rings is 2. The Morgan fingerprint density at radius 1 is 1.07 bits per heavy atom. The highest BCUT2D eigenvalue weighted by atomic mass is 35.5. The van der Waals surface area contributed by atoms with E-state index >= 15 is 0 Å². The van der Waals surface area contributed by atoms with Crippen LogP contribution in [0.1, 0.15) is 13.8 Å². The van der Waals surface area contributed by atoms with Crippen molar-refractivity contribution in [1.29, 1.82) is 0 Å². The molecule has 7 nitrogen and oxygen atoms in total. The van der Waals surface area contributed by atoms with Gasteiger partial charge >= 0.3 is 5.97 Å². The van der Waals surface area contributed by atoms with Crippen molar-refractivity contribution in [3.8, 4) is 0 Å². The van der Waals surface area contributed by atoms with Gasteiger partial charge in [0.2, 0.25) is 10.0 Å². The molecule has 1 amide bonds. The number of carbonyl (C=O) groups excluding carboxylic acids is 2. The lowest BCUT2D eigenvalue weighted by Crippen LogP contribution is -2.45. The Kier molecular flexibility index (Phi) is 8.04. The first kappa shape index (κ1) is 23.2. The molecule has 2 rings (SSSR count). The van der Waals surface area contributed by atoms with Gasteiger partial charge < -0.3 is 10.1 Å². The van der Waals surface area contributed by atoms with Crippen LogP contribution in [0.2, 0.25) is 10.0 Å². The van der Waals surface area contributed by atoms with Crippen molar-refractivity contribution in [2.24, 2.45) is 5.92 Å². The number of amides is 1. The summed E-state index contributed by atoms with van der Waals surface area (Å²) in [5.41, 5.74) is 0.269. The van der Waals surface area contributed by atoms with Crippen LogP contribution in [-0.2, 0) is 24.3 Å². The Hall–Kier alpha value is -2.13. The van der Waals surface area contributed by atoms with E-state index in [9.17, 15) is 18.0 Å². The maximum absolute atomic E-state index is 12.5. The summed E-state index contributed by atoms with van der Waals surface area (Å²) < 4.78 is 32.3. The van der Waals surface area contributed by atoms with Gasteiger partial charge in [0.25, 0.3) is 5.91 Å². The summed E-state index contributed by atoms with van der Waals surface area (Å²) in [6, 6.07) is 11.0. The van der Waals surface area contributed by atoms with E-state index in [-0.39, 0.29) is 15.6 Å².